The van der Waals surface area contributed by atoms with Crippen molar-refractivity contribution in [1.29, 1.82) is 0 Å². The summed E-state index contributed by atoms with van der Waals surface area (Å²) >= 11 is 0. The van der Waals surface area contributed by atoms with Crippen LogP contribution in [0.5, 0.6) is 0 Å². The zero-order valence-electron chi connectivity index (χ0n) is 6.26. The SMILES string of the molecule is CNC1CCN(C)C1=O.Cl. The Morgan fingerprint density at radius 3 is 2.50 bits per heavy atom. The van der Waals surface area contributed by atoms with Crippen LogP contribution in [0.25, 0.3) is 0 Å². The molecule has 1 atom stereocenters. The summed E-state index contributed by atoms with van der Waals surface area (Å²) in [6, 6.07) is 0.0787. The highest BCUT2D eigenvalue weighted by Gasteiger charge is 2.26. The lowest BCUT2D eigenvalue weighted by Gasteiger charge is -2.07. The second-order valence-corrected chi connectivity index (χ2v) is 2.39. The fourth-order valence-electron chi connectivity index (χ4n) is 1.09. The van der Waals surface area contributed by atoms with E-state index in [1.807, 2.05) is 14.1 Å². The number of likely N-dealkylation sites (tertiary alicyclic amines) is 1. The molecule has 1 heterocycles. The van der Waals surface area contributed by atoms with Gasteiger partial charge >= 0.3 is 0 Å². The van der Waals surface area contributed by atoms with Crippen molar-refractivity contribution in [2.75, 3.05) is 20.6 Å². The lowest BCUT2D eigenvalue weighted by Crippen LogP contribution is -2.34. The molecule has 1 amide bonds. The number of hydrogen-bond acceptors (Lipinski definition) is 2. The third-order valence-electron chi connectivity index (χ3n) is 1.78. The summed E-state index contributed by atoms with van der Waals surface area (Å²) in [5.41, 5.74) is 0. The fourth-order valence-corrected chi connectivity index (χ4v) is 1.09. The zero-order chi connectivity index (χ0) is 6.85. The molecule has 1 aliphatic rings. The van der Waals surface area contributed by atoms with E-state index in [9.17, 15) is 4.79 Å². The van der Waals surface area contributed by atoms with Crippen molar-refractivity contribution in [3.05, 3.63) is 0 Å². The summed E-state index contributed by atoms with van der Waals surface area (Å²) in [6.07, 6.45) is 0.950. The van der Waals surface area contributed by atoms with Crippen molar-refractivity contribution in [2.45, 2.75) is 12.5 Å². The first-order valence-electron chi connectivity index (χ1n) is 3.18. The Balaban J connectivity index is 0.000000810. The normalized spacial score (nSPS) is 24.8. The Labute approximate surface area is 67.2 Å². The van der Waals surface area contributed by atoms with Crippen molar-refractivity contribution in [3.63, 3.8) is 0 Å². The summed E-state index contributed by atoms with van der Waals surface area (Å²) in [5, 5.41) is 2.95. The molecule has 1 rings (SSSR count). The molecule has 60 valence electrons. The van der Waals surface area contributed by atoms with Gasteiger partial charge in [-0.15, -0.1) is 12.4 Å². The maximum absolute atomic E-state index is 11.0. The number of halogens is 1. The van der Waals surface area contributed by atoms with E-state index in [0.717, 1.165) is 13.0 Å². The van der Waals surface area contributed by atoms with Crippen LogP contribution >= 0.6 is 12.4 Å². The Kier molecular flexibility index (Phi) is 3.68. The molecule has 0 saturated carbocycles. The molecule has 0 aromatic rings. The lowest BCUT2D eigenvalue weighted by atomic mass is 10.3. The minimum atomic E-state index is 0. The average Bonchev–Trinajstić information content (AvgIpc) is 2.15. The van der Waals surface area contributed by atoms with Crippen LogP contribution in [0.2, 0.25) is 0 Å². The smallest absolute Gasteiger partial charge is 0.239 e. The number of nitrogens with zero attached hydrogens (tertiary/aromatic N) is 1. The lowest BCUT2D eigenvalue weighted by molar-refractivity contribution is -0.128. The molecule has 0 aromatic heterocycles. The van der Waals surface area contributed by atoms with Crippen LogP contribution in [0.15, 0.2) is 0 Å². The van der Waals surface area contributed by atoms with Gasteiger partial charge in [0.05, 0.1) is 6.04 Å². The molecule has 3 nitrogen and oxygen atoms in total. The van der Waals surface area contributed by atoms with Crippen LogP contribution in [0.4, 0.5) is 0 Å². The number of rotatable bonds is 1. The first kappa shape index (κ1) is 9.72. The molecule has 0 aliphatic carbocycles. The van der Waals surface area contributed by atoms with Crippen LogP contribution < -0.4 is 5.32 Å². The second kappa shape index (κ2) is 3.78. The van der Waals surface area contributed by atoms with E-state index >= 15 is 0 Å². The van der Waals surface area contributed by atoms with Gasteiger partial charge in [-0.3, -0.25) is 4.79 Å². The van der Waals surface area contributed by atoms with Crippen molar-refractivity contribution < 1.29 is 4.79 Å². The van der Waals surface area contributed by atoms with E-state index in [0.29, 0.717) is 0 Å². The molecule has 0 aromatic carbocycles. The highest BCUT2D eigenvalue weighted by molar-refractivity contribution is 5.85. The zero-order valence-corrected chi connectivity index (χ0v) is 7.07. The predicted molar refractivity (Wildman–Crippen MR) is 42.3 cm³/mol. The molecule has 4 heteroatoms. The second-order valence-electron chi connectivity index (χ2n) is 2.39. The van der Waals surface area contributed by atoms with Gasteiger partial charge in [0.15, 0.2) is 0 Å². The summed E-state index contributed by atoms with van der Waals surface area (Å²) in [7, 11) is 3.65. The molecule has 0 radical (unpaired) electrons. The number of likely N-dealkylation sites (N-methyl/N-ethyl adjacent to an activating group) is 2. The molecule has 1 unspecified atom stereocenters. The van der Waals surface area contributed by atoms with Crippen molar-refractivity contribution in [3.8, 4) is 0 Å². The Morgan fingerprint density at radius 1 is 1.70 bits per heavy atom. The molecule has 0 spiro atoms. The number of nitrogens with one attached hydrogen (secondary N) is 1. The van der Waals surface area contributed by atoms with Gasteiger partial charge in [-0.1, -0.05) is 0 Å². The topological polar surface area (TPSA) is 32.3 Å². The molecule has 0 bridgehead atoms. The van der Waals surface area contributed by atoms with E-state index in [1.165, 1.54) is 0 Å². The monoisotopic (exact) mass is 164 g/mol. The number of amides is 1. The fraction of sp³-hybridized carbons (Fsp3) is 0.833. The largest absolute Gasteiger partial charge is 0.344 e. The Morgan fingerprint density at radius 2 is 2.30 bits per heavy atom. The van der Waals surface area contributed by atoms with Crippen molar-refractivity contribution in [1.82, 2.24) is 10.2 Å². The molecule has 1 aliphatic heterocycles. The van der Waals surface area contributed by atoms with Gasteiger partial charge in [0.1, 0.15) is 0 Å². The Hall–Kier alpha value is -0.280. The van der Waals surface area contributed by atoms with E-state index in [-0.39, 0.29) is 24.4 Å². The third kappa shape index (κ3) is 1.61. The predicted octanol–water partition coefficient (Wildman–Crippen LogP) is -0.142. The molecular weight excluding hydrogens is 152 g/mol. The summed E-state index contributed by atoms with van der Waals surface area (Å²) in [5.74, 6) is 0.220. The number of carbonyl (C=O) groups is 1. The van der Waals surface area contributed by atoms with E-state index < -0.39 is 0 Å². The first-order chi connectivity index (χ1) is 4.25. The van der Waals surface area contributed by atoms with Gasteiger partial charge in [-0.05, 0) is 13.5 Å². The molecule has 1 fully saturated rings. The number of carbonyl (C=O) groups excluding carboxylic acids is 1. The van der Waals surface area contributed by atoms with Crippen molar-refractivity contribution >= 4 is 18.3 Å². The molecule has 1 saturated heterocycles. The van der Waals surface area contributed by atoms with E-state index in [2.05, 4.69) is 5.32 Å². The van der Waals surface area contributed by atoms with Gasteiger partial charge in [-0.2, -0.15) is 0 Å². The maximum atomic E-state index is 11.0. The van der Waals surface area contributed by atoms with Crippen LogP contribution in [0.3, 0.4) is 0 Å². The van der Waals surface area contributed by atoms with Gasteiger partial charge in [-0.25, -0.2) is 0 Å². The highest BCUT2D eigenvalue weighted by Crippen LogP contribution is 2.06. The van der Waals surface area contributed by atoms with Crippen LogP contribution in [-0.2, 0) is 4.79 Å². The number of hydrogen-bond donors (Lipinski definition) is 1. The van der Waals surface area contributed by atoms with Crippen LogP contribution in [0.1, 0.15) is 6.42 Å². The quantitative estimate of drug-likeness (QED) is 0.585. The average molecular weight is 165 g/mol. The summed E-state index contributed by atoms with van der Waals surface area (Å²) in [4.78, 5) is 12.8. The van der Waals surface area contributed by atoms with Crippen LogP contribution in [0, 0.1) is 0 Å². The van der Waals surface area contributed by atoms with E-state index in [1.54, 1.807) is 4.90 Å². The minimum Gasteiger partial charge on any atom is -0.344 e. The molecule has 1 N–H and O–H groups in total. The molecular formula is C6H13ClN2O. The highest BCUT2D eigenvalue weighted by atomic mass is 35.5. The van der Waals surface area contributed by atoms with Crippen molar-refractivity contribution in [2.24, 2.45) is 0 Å². The summed E-state index contributed by atoms with van der Waals surface area (Å²) in [6.45, 7) is 0.893. The molecule has 10 heavy (non-hydrogen) atoms. The van der Waals surface area contributed by atoms with Gasteiger partial charge in [0.25, 0.3) is 0 Å². The van der Waals surface area contributed by atoms with Gasteiger partial charge < -0.3 is 10.2 Å². The Bertz CT molecular complexity index is 129. The van der Waals surface area contributed by atoms with Crippen LogP contribution in [-0.4, -0.2) is 37.5 Å². The standard InChI is InChI=1S/C6H12N2O.ClH/c1-7-5-3-4-8(2)6(5)9;/h5,7H,3-4H2,1-2H3;1H. The summed E-state index contributed by atoms with van der Waals surface area (Å²) < 4.78 is 0. The first-order valence-corrected chi connectivity index (χ1v) is 3.18. The maximum Gasteiger partial charge on any atom is 0.239 e. The van der Waals surface area contributed by atoms with Gasteiger partial charge in [0, 0.05) is 13.6 Å². The van der Waals surface area contributed by atoms with E-state index in [4.69, 9.17) is 0 Å². The minimum absolute atomic E-state index is 0. The third-order valence-corrected chi connectivity index (χ3v) is 1.78. The van der Waals surface area contributed by atoms with Gasteiger partial charge in [0.2, 0.25) is 5.91 Å².